The Labute approximate surface area is 175 Å². The summed E-state index contributed by atoms with van der Waals surface area (Å²) < 4.78 is 2.02. The van der Waals surface area contributed by atoms with Gasteiger partial charge in [-0.25, -0.2) is 9.97 Å². The molecule has 1 saturated heterocycles. The van der Waals surface area contributed by atoms with Crippen LogP contribution in [-0.4, -0.2) is 45.0 Å². The molecular weight excluding hydrogens is 382 g/mol. The smallest absolute Gasteiger partial charge is 0.251 e. The number of rotatable bonds is 9. The molecular formula is C22H27N5OS. The molecule has 4 rings (SSSR count). The number of aromatic nitrogens is 3. The molecule has 1 unspecified atom stereocenters. The number of carbonyl (C=O) groups is 1. The molecule has 3 heterocycles. The Morgan fingerprint density at radius 2 is 2.31 bits per heavy atom. The topological polar surface area (TPSA) is 63.1 Å². The van der Waals surface area contributed by atoms with Crippen molar-refractivity contribution in [2.75, 3.05) is 19.6 Å². The number of nitrogens with zero attached hydrogens (tertiary/aromatic N) is 4. The zero-order valence-corrected chi connectivity index (χ0v) is 17.4. The number of aryl methyl sites for hydroxylation is 1. The second-order valence-electron chi connectivity index (χ2n) is 7.68. The first-order valence-electron chi connectivity index (χ1n) is 10.2. The highest BCUT2D eigenvalue weighted by Gasteiger charge is 2.23. The van der Waals surface area contributed by atoms with E-state index in [9.17, 15) is 4.79 Å². The molecule has 1 N–H and O–H groups in total. The number of thiazole rings is 1. The van der Waals surface area contributed by atoms with E-state index in [1.165, 1.54) is 17.7 Å². The Balaban J connectivity index is 1.23. The van der Waals surface area contributed by atoms with Crippen molar-refractivity contribution < 1.29 is 4.79 Å². The maximum absolute atomic E-state index is 12.5. The van der Waals surface area contributed by atoms with Crippen molar-refractivity contribution in [3.8, 4) is 0 Å². The van der Waals surface area contributed by atoms with Gasteiger partial charge in [-0.2, -0.15) is 0 Å². The van der Waals surface area contributed by atoms with E-state index in [-0.39, 0.29) is 5.91 Å². The summed E-state index contributed by atoms with van der Waals surface area (Å²) in [6, 6.07) is 8.09. The summed E-state index contributed by atoms with van der Waals surface area (Å²) in [7, 11) is 0. The van der Waals surface area contributed by atoms with Crippen LogP contribution >= 0.6 is 11.3 Å². The molecule has 3 aromatic rings. The van der Waals surface area contributed by atoms with Gasteiger partial charge in [0.05, 0.1) is 17.5 Å². The van der Waals surface area contributed by atoms with E-state index < -0.39 is 0 Å². The van der Waals surface area contributed by atoms with Crippen molar-refractivity contribution in [1.82, 2.24) is 24.8 Å². The van der Waals surface area contributed by atoms with Gasteiger partial charge in [0.25, 0.3) is 5.91 Å². The second-order valence-corrected chi connectivity index (χ2v) is 8.40. The molecule has 0 saturated carbocycles. The standard InChI is InChI=1S/C22H27N5OS/c28-22(24-6-2-8-26-10-7-23-16-26)20-4-1-3-18(12-20)11-19-5-9-27(13-19)14-21-15-29-17-25-21/h1,3-4,7,10,12,15-17,19H,2,5-6,8-9,11,13-14H2,(H,24,28). The highest BCUT2D eigenvalue weighted by Crippen LogP contribution is 2.23. The molecule has 29 heavy (non-hydrogen) atoms. The summed E-state index contributed by atoms with van der Waals surface area (Å²) >= 11 is 1.66. The fourth-order valence-corrected chi connectivity index (χ4v) is 4.47. The molecule has 0 spiro atoms. The van der Waals surface area contributed by atoms with E-state index in [4.69, 9.17) is 0 Å². The molecule has 1 atom stereocenters. The van der Waals surface area contributed by atoms with E-state index in [1.54, 1.807) is 23.9 Å². The number of nitrogens with one attached hydrogen (secondary N) is 1. The molecule has 0 bridgehead atoms. The fourth-order valence-electron chi connectivity index (χ4n) is 3.93. The summed E-state index contributed by atoms with van der Waals surface area (Å²) in [5, 5.41) is 5.16. The highest BCUT2D eigenvalue weighted by atomic mass is 32.1. The number of carbonyl (C=O) groups excluding carboxylic acids is 1. The molecule has 2 aromatic heterocycles. The van der Waals surface area contributed by atoms with Gasteiger partial charge in [-0.1, -0.05) is 12.1 Å². The predicted octanol–water partition coefficient (Wildman–Crippen LogP) is 3.22. The van der Waals surface area contributed by atoms with Gasteiger partial charge in [-0.15, -0.1) is 11.3 Å². The average molecular weight is 410 g/mol. The van der Waals surface area contributed by atoms with Crippen LogP contribution in [0.15, 0.2) is 53.9 Å². The summed E-state index contributed by atoms with van der Waals surface area (Å²) in [6.07, 6.45) is 8.62. The number of hydrogen-bond donors (Lipinski definition) is 1. The van der Waals surface area contributed by atoms with Gasteiger partial charge in [0.1, 0.15) is 0 Å². The quantitative estimate of drug-likeness (QED) is 0.551. The summed E-state index contributed by atoms with van der Waals surface area (Å²) in [5.41, 5.74) is 5.07. The Morgan fingerprint density at radius 3 is 3.14 bits per heavy atom. The van der Waals surface area contributed by atoms with Gasteiger partial charge in [-0.3, -0.25) is 9.69 Å². The molecule has 1 amide bonds. The zero-order chi connectivity index (χ0) is 19.9. The van der Waals surface area contributed by atoms with Crippen LogP contribution in [0.2, 0.25) is 0 Å². The summed E-state index contributed by atoms with van der Waals surface area (Å²) in [4.78, 5) is 23.4. The lowest BCUT2D eigenvalue weighted by Crippen LogP contribution is -2.25. The minimum Gasteiger partial charge on any atom is -0.352 e. The van der Waals surface area contributed by atoms with E-state index in [0.717, 1.165) is 44.6 Å². The van der Waals surface area contributed by atoms with Crippen LogP contribution in [0.4, 0.5) is 0 Å². The lowest BCUT2D eigenvalue weighted by atomic mass is 9.97. The third-order valence-corrected chi connectivity index (χ3v) is 6.03. The van der Waals surface area contributed by atoms with Crippen LogP contribution in [0.5, 0.6) is 0 Å². The van der Waals surface area contributed by atoms with Crippen LogP contribution in [0.1, 0.15) is 34.5 Å². The Morgan fingerprint density at radius 1 is 1.34 bits per heavy atom. The molecule has 0 aliphatic carbocycles. The zero-order valence-electron chi connectivity index (χ0n) is 16.5. The molecule has 1 aliphatic rings. The molecule has 1 aromatic carbocycles. The van der Waals surface area contributed by atoms with Gasteiger partial charge in [0, 0.05) is 49.5 Å². The van der Waals surface area contributed by atoms with Crippen LogP contribution < -0.4 is 5.32 Å². The Hall–Kier alpha value is -2.51. The minimum atomic E-state index is 0.00839. The van der Waals surface area contributed by atoms with E-state index in [2.05, 4.69) is 31.6 Å². The number of benzene rings is 1. The Bertz CT molecular complexity index is 894. The predicted molar refractivity (Wildman–Crippen MR) is 115 cm³/mol. The van der Waals surface area contributed by atoms with Crippen molar-refractivity contribution in [2.45, 2.75) is 32.4 Å². The highest BCUT2D eigenvalue weighted by molar-refractivity contribution is 7.07. The van der Waals surface area contributed by atoms with E-state index in [0.29, 0.717) is 12.5 Å². The molecule has 0 radical (unpaired) electrons. The third kappa shape index (κ3) is 5.74. The normalized spacial score (nSPS) is 16.9. The van der Waals surface area contributed by atoms with Crippen molar-refractivity contribution in [3.63, 3.8) is 0 Å². The van der Waals surface area contributed by atoms with Gasteiger partial charge < -0.3 is 9.88 Å². The molecule has 1 fully saturated rings. The molecule has 152 valence electrons. The van der Waals surface area contributed by atoms with Crippen LogP contribution in [0.25, 0.3) is 0 Å². The molecule has 6 nitrogen and oxygen atoms in total. The van der Waals surface area contributed by atoms with Gasteiger partial charge in [0.2, 0.25) is 0 Å². The lowest BCUT2D eigenvalue weighted by Gasteiger charge is -2.15. The average Bonchev–Trinajstić information content (AvgIpc) is 3.50. The maximum Gasteiger partial charge on any atom is 0.251 e. The number of amides is 1. The number of likely N-dealkylation sites (tertiary alicyclic amines) is 1. The fraction of sp³-hybridized carbons (Fsp3) is 0.409. The van der Waals surface area contributed by atoms with Crippen molar-refractivity contribution >= 4 is 17.2 Å². The molecule has 7 heteroatoms. The summed E-state index contributed by atoms with van der Waals surface area (Å²) in [6.45, 7) is 4.69. The van der Waals surface area contributed by atoms with Crippen LogP contribution in [-0.2, 0) is 19.5 Å². The van der Waals surface area contributed by atoms with Gasteiger partial charge in [-0.05, 0) is 49.4 Å². The monoisotopic (exact) mass is 409 g/mol. The molecule has 1 aliphatic heterocycles. The van der Waals surface area contributed by atoms with Gasteiger partial charge >= 0.3 is 0 Å². The first kappa shape index (κ1) is 19.8. The number of imidazole rings is 1. The van der Waals surface area contributed by atoms with Crippen molar-refractivity contribution in [2.24, 2.45) is 5.92 Å². The van der Waals surface area contributed by atoms with Crippen LogP contribution in [0.3, 0.4) is 0 Å². The first-order valence-corrected chi connectivity index (χ1v) is 11.1. The van der Waals surface area contributed by atoms with Crippen molar-refractivity contribution in [3.05, 3.63) is 70.7 Å². The van der Waals surface area contributed by atoms with Gasteiger partial charge in [0.15, 0.2) is 0 Å². The summed E-state index contributed by atoms with van der Waals surface area (Å²) in [5.74, 6) is 0.649. The van der Waals surface area contributed by atoms with Crippen LogP contribution in [0, 0.1) is 5.92 Å². The third-order valence-electron chi connectivity index (χ3n) is 5.39. The van der Waals surface area contributed by atoms with Crippen molar-refractivity contribution in [1.29, 1.82) is 0 Å². The van der Waals surface area contributed by atoms with E-state index in [1.807, 2.05) is 34.5 Å². The Kier molecular flexibility index (Phi) is 6.69. The SMILES string of the molecule is O=C(NCCCn1ccnc1)c1cccc(CC2CCN(Cc3cscn3)C2)c1. The second kappa shape index (κ2) is 9.80. The lowest BCUT2D eigenvalue weighted by molar-refractivity contribution is 0.0952. The number of hydrogen-bond acceptors (Lipinski definition) is 5. The maximum atomic E-state index is 12.5. The van der Waals surface area contributed by atoms with E-state index >= 15 is 0 Å². The minimum absolute atomic E-state index is 0.00839. The first-order chi connectivity index (χ1) is 14.3. The largest absolute Gasteiger partial charge is 0.352 e.